The zero-order valence-electron chi connectivity index (χ0n) is 15.4. The van der Waals surface area contributed by atoms with Crippen molar-refractivity contribution in [2.45, 2.75) is 19.8 Å². The molecule has 0 aliphatic heterocycles. The summed E-state index contributed by atoms with van der Waals surface area (Å²) in [5, 5.41) is 13.7. The molecule has 0 atom stereocenters. The summed E-state index contributed by atoms with van der Waals surface area (Å²) >= 11 is -2.03. The molecule has 0 fully saturated rings. The minimum Gasteiger partial charge on any atom is -0.168 e. The Kier molecular flexibility index (Phi) is 10.2. The van der Waals surface area contributed by atoms with E-state index in [0.717, 1.165) is 12.8 Å². The maximum absolute atomic E-state index is 8.42. The van der Waals surface area contributed by atoms with Crippen LogP contribution in [0.15, 0.2) is 84.9 Å². The Morgan fingerprint density at radius 1 is 0.852 bits per heavy atom. The first kappa shape index (κ1) is 22.2. The standard InChI is InChI=1S/2C9H7.C5H10O.2ClH.Zr/c2*1-2-5-9-7-3-6-8(9)4-1;1-2-3-4-5-6;;;/h2*1-7H;6H,3-5H2,1H3;2*1H;/q2*-1;;;;+2/p-2. The van der Waals surface area contributed by atoms with Crippen LogP contribution in [0.3, 0.4) is 0 Å². The van der Waals surface area contributed by atoms with E-state index in [-0.39, 0.29) is 6.61 Å². The van der Waals surface area contributed by atoms with Crippen LogP contribution >= 0.6 is 17.0 Å². The molecule has 0 radical (unpaired) electrons. The number of fused-ring (bicyclic) bond motifs is 2. The second-order valence-corrected chi connectivity index (χ2v) is 15.2. The zero-order chi connectivity index (χ0) is 19.5. The van der Waals surface area contributed by atoms with E-state index in [1.807, 2.05) is 6.92 Å². The van der Waals surface area contributed by atoms with Crippen LogP contribution in [0.1, 0.15) is 19.8 Å². The fourth-order valence-corrected chi connectivity index (χ4v) is 4.60. The Morgan fingerprint density at radius 3 is 1.74 bits per heavy atom. The van der Waals surface area contributed by atoms with Crippen molar-refractivity contribution in [2.24, 2.45) is 0 Å². The molecule has 4 aromatic rings. The number of hydrogen-bond donors (Lipinski definition) is 1. The van der Waals surface area contributed by atoms with Crippen LogP contribution in [0.25, 0.3) is 21.5 Å². The number of aliphatic hydroxyl groups excluding tert-OH is 1. The smallest absolute Gasteiger partial charge is 0.0809 e. The number of hydrogen-bond acceptors (Lipinski definition) is 1. The van der Waals surface area contributed by atoms with Gasteiger partial charge in [0.05, 0.1) is 0 Å². The summed E-state index contributed by atoms with van der Waals surface area (Å²) in [4.78, 5) is 0. The number of benzene rings is 2. The molecule has 4 heteroatoms. The minimum absolute atomic E-state index is 0.238. The van der Waals surface area contributed by atoms with E-state index in [2.05, 4.69) is 84.9 Å². The van der Waals surface area contributed by atoms with Crippen LogP contribution in [0.2, 0.25) is 0 Å². The van der Waals surface area contributed by atoms with Gasteiger partial charge in [0.2, 0.25) is 0 Å². The second kappa shape index (κ2) is 12.4. The molecule has 0 aliphatic carbocycles. The molecular weight excluding hydrogens is 454 g/mol. The minimum atomic E-state index is -2.03. The molecule has 4 aromatic carbocycles. The zero-order valence-corrected chi connectivity index (χ0v) is 19.4. The van der Waals surface area contributed by atoms with Crippen LogP contribution in [0, 0.1) is 0 Å². The molecule has 0 amide bonds. The van der Waals surface area contributed by atoms with Crippen LogP contribution < -0.4 is 0 Å². The molecule has 27 heavy (non-hydrogen) atoms. The van der Waals surface area contributed by atoms with Crippen LogP contribution in [0.5, 0.6) is 0 Å². The van der Waals surface area contributed by atoms with Crippen molar-refractivity contribution in [3.63, 3.8) is 0 Å². The van der Waals surface area contributed by atoms with E-state index in [1.54, 1.807) is 0 Å². The van der Waals surface area contributed by atoms with E-state index in [0.29, 0.717) is 0 Å². The first-order chi connectivity index (χ1) is 13.1. The molecule has 0 aromatic heterocycles. The molecule has 0 bridgehead atoms. The van der Waals surface area contributed by atoms with E-state index in [1.165, 1.54) is 24.8 Å². The predicted octanol–water partition coefficient (Wildman–Crippen LogP) is 6.99. The Morgan fingerprint density at radius 2 is 1.33 bits per heavy atom. The molecule has 0 spiro atoms. The third-order valence-electron chi connectivity index (χ3n) is 4.13. The van der Waals surface area contributed by atoms with Gasteiger partial charge < -0.3 is 0 Å². The second-order valence-electron chi connectivity index (χ2n) is 6.18. The van der Waals surface area contributed by atoms with Crippen molar-refractivity contribution < 1.29 is 24.0 Å². The maximum Gasteiger partial charge on any atom is -0.0809 e. The van der Waals surface area contributed by atoms with Crippen molar-refractivity contribution >= 4 is 41.8 Å². The summed E-state index contributed by atoms with van der Waals surface area (Å²) in [7, 11) is 11.4. The van der Waals surface area contributed by atoms with Gasteiger partial charge in [0.1, 0.15) is 0 Å². The van der Waals surface area contributed by atoms with Crippen molar-refractivity contribution in [1.29, 1.82) is 0 Å². The van der Waals surface area contributed by atoms with E-state index in [4.69, 9.17) is 22.1 Å². The molecule has 0 heterocycles. The topological polar surface area (TPSA) is 20.2 Å². The van der Waals surface area contributed by atoms with Gasteiger partial charge in [0.25, 0.3) is 0 Å². The Balaban J connectivity index is 0.000000145. The molecule has 4 rings (SSSR count). The summed E-state index contributed by atoms with van der Waals surface area (Å²) in [6.07, 6.45) is 1.70. The van der Waals surface area contributed by atoms with E-state index in [9.17, 15) is 0 Å². The first-order valence-electron chi connectivity index (χ1n) is 8.94. The summed E-state index contributed by atoms with van der Waals surface area (Å²) in [6, 6.07) is 29.3. The normalized spacial score (nSPS) is 9.93. The van der Waals surface area contributed by atoms with Crippen molar-refractivity contribution in [3.8, 4) is 0 Å². The average molecular weight is 479 g/mol. The van der Waals surface area contributed by atoms with Crippen molar-refractivity contribution in [3.05, 3.63) is 84.9 Å². The average Bonchev–Trinajstić information content (AvgIpc) is 3.35. The quantitative estimate of drug-likeness (QED) is 0.315. The fourth-order valence-electron chi connectivity index (χ4n) is 2.58. The first-order valence-corrected chi connectivity index (χ1v) is 16.5. The number of rotatable bonds is 3. The van der Waals surface area contributed by atoms with Gasteiger partial charge in [-0.1, -0.05) is 12.1 Å². The van der Waals surface area contributed by atoms with Crippen molar-refractivity contribution in [1.82, 2.24) is 0 Å². The Bertz CT molecular complexity index is 838. The van der Waals surface area contributed by atoms with Gasteiger partial charge in [-0.25, -0.2) is 0 Å². The van der Waals surface area contributed by atoms with Gasteiger partial charge in [-0.2, -0.15) is 35.0 Å². The van der Waals surface area contributed by atoms with Crippen LogP contribution in [0.4, 0.5) is 0 Å². The number of aliphatic hydroxyl groups is 1. The molecule has 1 nitrogen and oxygen atoms in total. The Hall–Kier alpha value is -1.05. The van der Waals surface area contributed by atoms with Crippen LogP contribution in [-0.2, 0) is 18.9 Å². The molecule has 0 unspecified atom stereocenters. The van der Waals surface area contributed by atoms with Gasteiger partial charge in [0.15, 0.2) is 0 Å². The monoisotopic (exact) mass is 476 g/mol. The molecule has 0 aliphatic rings. The largest absolute Gasteiger partial charge is 0.168 e. The van der Waals surface area contributed by atoms with Gasteiger partial charge in [0, 0.05) is 0 Å². The molecule has 0 saturated carbocycles. The van der Waals surface area contributed by atoms with E-state index < -0.39 is 18.9 Å². The van der Waals surface area contributed by atoms with Gasteiger partial charge in [-0.15, -0.1) is 59.3 Å². The van der Waals surface area contributed by atoms with Gasteiger partial charge in [-0.3, -0.25) is 0 Å². The number of halogens is 2. The third kappa shape index (κ3) is 7.84. The molecule has 0 saturated heterocycles. The Labute approximate surface area is 176 Å². The van der Waals surface area contributed by atoms with Crippen molar-refractivity contribution in [2.75, 3.05) is 6.61 Å². The molecule has 1 N–H and O–H groups in total. The summed E-state index contributed by atoms with van der Waals surface area (Å²) in [5.41, 5.74) is 0. The fraction of sp³-hybridized carbons (Fsp3) is 0.174. The summed E-state index contributed by atoms with van der Waals surface area (Å²) < 4.78 is 1.22. The third-order valence-corrected chi connectivity index (χ3v) is 10.1. The molecule has 142 valence electrons. The maximum atomic E-state index is 8.42. The SMILES string of the molecule is C[C](CCCO)=[Zr]([Cl])[Cl].c1ccc2[cH-]ccc2c1.c1ccc2[cH-]ccc2c1. The summed E-state index contributed by atoms with van der Waals surface area (Å²) in [6.45, 7) is 2.21. The summed E-state index contributed by atoms with van der Waals surface area (Å²) in [5.74, 6) is 0. The predicted molar refractivity (Wildman–Crippen MR) is 118 cm³/mol. The molecular formula is C23H24Cl2OZr-2. The van der Waals surface area contributed by atoms with E-state index >= 15 is 0 Å². The van der Waals surface area contributed by atoms with Gasteiger partial charge in [-0.05, 0) is 0 Å². The van der Waals surface area contributed by atoms with Gasteiger partial charge >= 0.3 is 70.6 Å². The van der Waals surface area contributed by atoms with Crippen LogP contribution in [-0.4, -0.2) is 14.9 Å².